The molecule has 3 rings (SSSR count). The first-order valence-electron chi connectivity index (χ1n) is 9.11. The normalized spacial score (nSPS) is 14.4. The van der Waals surface area contributed by atoms with Gasteiger partial charge in [-0.15, -0.1) is 0 Å². The Morgan fingerprint density at radius 2 is 1.54 bits per heavy atom. The second-order valence-electron chi connectivity index (χ2n) is 6.71. The minimum Gasteiger partial charge on any atom is -0.338 e. The number of nitrogens with one attached hydrogen (secondary N) is 3. The number of urea groups is 2. The van der Waals surface area contributed by atoms with Gasteiger partial charge >= 0.3 is 12.1 Å². The molecule has 0 aromatic heterocycles. The molecule has 1 aliphatic heterocycles. The van der Waals surface area contributed by atoms with Gasteiger partial charge < -0.3 is 20.9 Å². The molecule has 1 saturated heterocycles. The van der Waals surface area contributed by atoms with Crippen LogP contribution in [-0.2, 0) is 0 Å². The SMILES string of the molecule is O=C(NCC1CCN(C(=O)Nc2ccc(F)cc2)CC1)Nc1ccc(Cl)cc1. The van der Waals surface area contributed by atoms with Crippen molar-refractivity contribution in [1.82, 2.24) is 10.2 Å². The summed E-state index contributed by atoms with van der Waals surface area (Å²) < 4.78 is 12.9. The molecule has 2 aromatic carbocycles. The topological polar surface area (TPSA) is 73.5 Å². The van der Waals surface area contributed by atoms with E-state index < -0.39 is 0 Å². The maximum atomic E-state index is 12.9. The standard InChI is InChI=1S/C20H22ClFN4O2/c21-15-1-5-17(6-2-15)24-19(27)23-13-14-9-11-26(12-10-14)20(28)25-18-7-3-16(22)4-8-18/h1-8,14H,9-13H2,(H,25,28)(H2,23,24,27). The second-order valence-corrected chi connectivity index (χ2v) is 7.15. The predicted molar refractivity (Wildman–Crippen MR) is 108 cm³/mol. The molecule has 148 valence electrons. The number of amides is 4. The molecular weight excluding hydrogens is 383 g/mol. The van der Waals surface area contributed by atoms with Crippen molar-refractivity contribution in [3.8, 4) is 0 Å². The van der Waals surface area contributed by atoms with Crippen LogP contribution in [0.5, 0.6) is 0 Å². The molecule has 1 fully saturated rings. The number of carbonyl (C=O) groups excluding carboxylic acids is 2. The van der Waals surface area contributed by atoms with Crippen LogP contribution in [0.25, 0.3) is 0 Å². The van der Waals surface area contributed by atoms with Gasteiger partial charge in [0.1, 0.15) is 5.82 Å². The van der Waals surface area contributed by atoms with E-state index in [9.17, 15) is 14.0 Å². The molecule has 4 amide bonds. The van der Waals surface area contributed by atoms with Crippen LogP contribution in [0.3, 0.4) is 0 Å². The summed E-state index contributed by atoms with van der Waals surface area (Å²) in [6.45, 7) is 1.77. The Morgan fingerprint density at radius 1 is 0.964 bits per heavy atom. The highest BCUT2D eigenvalue weighted by Crippen LogP contribution is 2.18. The minimum atomic E-state index is -0.341. The molecule has 0 atom stereocenters. The smallest absolute Gasteiger partial charge is 0.321 e. The van der Waals surface area contributed by atoms with Crippen LogP contribution in [0, 0.1) is 11.7 Å². The first-order valence-corrected chi connectivity index (χ1v) is 9.49. The van der Waals surface area contributed by atoms with Crippen LogP contribution in [0.15, 0.2) is 48.5 Å². The van der Waals surface area contributed by atoms with Crippen molar-refractivity contribution in [2.24, 2.45) is 5.92 Å². The van der Waals surface area contributed by atoms with E-state index >= 15 is 0 Å². The van der Waals surface area contributed by atoms with Crippen LogP contribution in [-0.4, -0.2) is 36.6 Å². The Bertz CT molecular complexity index is 806. The van der Waals surface area contributed by atoms with Crippen LogP contribution in [0.2, 0.25) is 5.02 Å². The van der Waals surface area contributed by atoms with Crippen molar-refractivity contribution in [3.63, 3.8) is 0 Å². The summed E-state index contributed by atoms with van der Waals surface area (Å²) in [4.78, 5) is 26.0. The highest BCUT2D eigenvalue weighted by Gasteiger charge is 2.23. The van der Waals surface area contributed by atoms with E-state index in [1.807, 2.05) is 0 Å². The molecule has 28 heavy (non-hydrogen) atoms. The van der Waals surface area contributed by atoms with Gasteiger partial charge in [0.15, 0.2) is 0 Å². The molecule has 2 aromatic rings. The van der Waals surface area contributed by atoms with Crippen molar-refractivity contribution >= 4 is 35.0 Å². The number of likely N-dealkylation sites (tertiary alicyclic amines) is 1. The van der Waals surface area contributed by atoms with E-state index in [1.54, 1.807) is 29.2 Å². The number of halogens is 2. The van der Waals surface area contributed by atoms with E-state index in [1.165, 1.54) is 24.3 Å². The van der Waals surface area contributed by atoms with Crippen LogP contribution in [0.4, 0.5) is 25.4 Å². The molecule has 0 spiro atoms. The number of benzene rings is 2. The Balaban J connectivity index is 1.37. The van der Waals surface area contributed by atoms with Gasteiger partial charge in [0.25, 0.3) is 0 Å². The number of carbonyl (C=O) groups is 2. The molecule has 3 N–H and O–H groups in total. The van der Waals surface area contributed by atoms with Crippen LogP contribution in [0.1, 0.15) is 12.8 Å². The van der Waals surface area contributed by atoms with Gasteiger partial charge in [-0.2, -0.15) is 0 Å². The third-order valence-corrected chi connectivity index (χ3v) is 4.90. The zero-order valence-electron chi connectivity index (χ0n) is 15.3. The third kappa shape index (κ3) is 5.85. The molecule has 8 heteroatoms. The molecule has 0 radical (unpaired) electrons. The Labute approximate surface area is 168 Å². The van der Waals surface area contributed by atoms with Crippen LogP contribution >= 0.6 is 11.6 Å². The third-order valence-electron chi connectivity index (χ3n) is 4.65. The summed E-state index contributed by atoms with van der Waals surface area (Å²) in [6, 6.07) is 12.1. The predicted octanol–water partition coefficient (Wildman–Crippen LogP) is 4.54. The van der Waals surface area contributed by atoms with E-state index in [4.69, 9.17) is 11.6 Å². The summed E-state index contributed by atoms with van der Waals surface area (Å²) in [7, 11) is 0. The fraction of sp³-hybridized carbons (Fsp3) is 0.300. The zero-order valence-corrected chi connectivity index (χ0v) is 16.0. The van der Waals surface area contributed by atoms with E-state index in [0.717, 1.165) is 12.8 Å². The van der Waals surface area contributed by atoms with Gasteiger partial charge in [-0.3, -0.25) is 0 Å². The lowest BCUT2D eigenvalue weighted by Crippen LogP contribution is -2.43. The van der Waals surface area contributed by atoms with E-state index in [2.05, 4.69) is 16.0 Å². The molecule has 0 bridgehead atoms. The van der Waals surface area contributed by atoms with Gasteiger partial charge in [-0.1, -0.05) is 11.6 Å². The van der Waals surface area contributed by atoms with Gasteiger partial charge in [0.05, 0.1) is 0 Å². The van der Waals surface area contributed by atoms with Crippen molar-refractivity contribution in [2.45, 2.75) is 12.8 Å². The number of nitrogens with zero attached hydrogens (tertiary/aromatic N) is 1. The van der Waals surface area contributed by atoms with Gasteiger partial charge in [-0.05, 0) is 67.3 Å². The molecular formula is C20H22ClFN4O2. The molecule has 6 nitrogen and oxygen atoms in total. The second kappa shape index (κ2) is 9.41. The number of piperidine rings is 1. The number of rotatable bonds is 4. The van der Waals surface area contributed by atoms with Gasteiger partial charge in [0.2, 0.25) is 0 Å². The highest BCUT2D eigenvalue weighted by atomic mass is 35.5. The number of hydrogen-bond donors (Lipinski definition) is 3. The fourth-order valence-electron chi connectivity index (χ4n) is 3.02. The lowest BCUT2D eigenvalue weighted by Gasteiger charge is -2.32. The molecule has 0 unspecified atom stereocenters. The fourth-order valence-corrected chi connectivity index (χ4v) is 3.15. The number of hydrogen-bond acceptors (Lipinski definition) is 2. The molecule has 1 aliphatic rings. The zero-order chi connectivity index (χ0) is 19.9. The van der Waals surface area contributed by atoms with Crippen LogP contribution < -0.4 is 16.0 Å². The minimum absolute atomic E-state index is 0.196. The van der Waals surface area contributed by atoms with Gasteiger partial charge in [0, 0.05) is 36.0 Å². The largest absolute Gasteiger partial charge is 0.338 e. The maximum absolute atomic E-state index is 12.9. The lowest BCUT2D eigenvalue weighted by atomic mass is 9.97. The summed E-state index contributed by atoms with van der Waals surface area (Å²) in [6.07, 6.45) is 1.61. The summed E-state index contributed by atoms with van der Waals surface area (Å²) in [5.74, 6) is -0.0303. The summed E-state index contributed by atoms with van der Waals surface area (Å²) >= 11 is 5.82. The van der Waals surface area contributed by atoms with E-state index in [-0.39, 0.29) is 17.9 Å². The van der Waals surface area contributed by atoms with Crippen molar-refractivity contribution in [2.75, 3.05) is 30.3 Å². The average Bonchev–Trinajstić information content (AvgIpc) is 2.70. The maximum Gasteiger partial charge on any atom is 0.321 e. The first-order chi connectivity index (χ1) is 13.5. The Kier molecular flexibility index (Phi) is 6.71. The summed E-state index contributed by atoms with van der Waals surface area (Å²) in [5, 5.41) is 9.00. The molecule has 0 aliphatic carbocycles. The van der Waals surface area contributed by atoms with Crippen molar-refractivity contribution in [1.29, 1.82) is 0 Å². The van der Waals surface area contributed by atoms with E-state index in [0.29, 0.717) is 41.9 Å². The van der Waals surface area contributed by atoms with Gasteiger partial charge in [-0.25, -0.2) is 14.0 Å². The quantitative estimate of drug-likeness (QED) is 0.699. The highest BCUT2D eigenvalue weighted by molar-refractivity contribution is 6.30. The number of anilines is 2. The molecule has 0 saturated carbocycles. The Morgan fingerprint density at radius 3 is 2.18 bits per heavy atom. The lowest BCUT2D eigenvalue weighted by molar-refractivity contribution is 0.181. The monoisotopic (exact) mass is 404 g/mol. The molecule has 1 heterocycles. The first kappa shape index (κ1) is 19.9. The van der Waals surface area contributed by atoms with Crippen molar-refractivity contribution < 1.29 is 14.0 Å². The van der Waals surface area contributed by atoms with Crippen molar-refractivity contribution in [3.05, 3.63) is 59.4 Å². The average molecular weight is 405 g/mol. The Hall–Kier alpha value is -2.80. The summed E-state index contributed by atoms with van der Waals surface area (Å²) in [5.41, 5.74) is 1.24.